The summed E-state index contributed by atoms with van der Waals surface area (Å²) in [5.74, 6) is -2.16. The number of fused-ring (bicyclic) bond motifs is 1. The van der Waals surface area contributed by atoms with Gasteiger partial charge in [-0.25, -0.2) is 4.79 Å². The zero-order valence-electron chi connectivity index (χ0n) is 8.68. The Hall–Kier alpha value is -1.43. The number of carbonyl (C=O) groups is 3. The van der Waals surface area contributed by atoms with Crippen molar-refractivity contribution in [1.82, 2.24) is 4.90 Å². The molecule has 2 fully saturated rings. The van der Waals surface area contributed by atoms with Crippen LogP contribution in [0.15, 0.2) is 0 Å². The number of nitrogens with zero attached hydrogens (tertiary/aromatic N) is 1. The van der Waals surface area contributed by atoms with E-state index >= 15 is 0 Å². The first-order valence-corrected chi connectivity index (χ1v) is 5.23. The zero-order chi connectivity index (χ0) is 11.9. The van der Waals surface area contributed by atoms with E-state index in [1.165, 1.54) is 0 Å². The molecule has 6 heteroatoms. The first-order valence-electron chi connectivity index (χ1n) is 5.23. The quantitative estimate of drug-likeness (QED) is 0.569. The maximum Gasteiger partial charge on any atom is 0.337 e. The number of aliphatic carboxylic acids is 1. The third kappa shape index (κ3) is 1.33. The van der Waals surface area contributed by atoms with Crippen molar-refractivity contribution in [2.45, 2.75) is 37.3 Å². The highest BCUT2D eigenvalue weighted by Crippen LogP contribution is 2.35. The van der Waals surface area contributed by atoms with Crippen molar-refractivity contribution in [3.8, 4) is 0 Å². The number of carboxylic acids is 1. The molecule has 2 saturated heterocycles. The smallest absolute Gasteiger partial charge is 0.337 e. The lowest BCUT2D eigenvalue weighted by Crippen LogP contribution is -2.57. The molecule has 0 aromatic carbocycles. The van der Waals surface area contributed by atoms with Gasteiger partial charge in [0.05, 0.1) is 6.10 Å². The summed E-state index contributed by atoms with van der Waals surface area (Å²) < 4.78 is 0. The number of rotatable bonds is 1. The molecule has 16 heavy (non-hydrogen) atoms. The van der Waals surface area contributed by atoms with Crippen LogP contribution in [0.1, 0.15) is 25.7 Å². The second-order valence-corrected chi connectivity index (χ2v) is 4.30. The van der Waals surface area contributed by atoms with E-state index in [0.717, 1.165) is 4.90 Å². The molecule has 2 atom stereocenters. The number of hydrogen-bond acceptors (Lipinski definition) is 4. The molecule has 0 saturated carbocycles. The molecule has 0 spiro atoms. The molecule has 0 bridgehead atoms. The Morgan fingerprint density at radius 1 is 1.38 bits per heavy atom. The van der Waals surface area contributed by atoms with Gasteiger partial charge in [-0.3, -0.25) is 9.59 Å². The van der Waals surface area contributed by atoms with E-state index in [2.05, 4.69) is 0 Å². The standard InChI is InChI=1S/C10H13NO5/c12-6-4-10(9(15)16)7(13)2-1-3-8(14)11(10)5-6/h6,12H,1-5H2,(H,15,16)/t6?,10-/m1/s1. The van der Waals surface area contributed by atoms with E-state index in [1.807, 2.05) is 0 Å². The molecule has 0 aliphatic carbocycles. The molecule has 2 aliphatic rings. The van der Waals surface area contributed by atoms with Gasteiger partial charge in [-0.15, -0.1) is 0 Å². The lowest BCUT2D eigenvalue weighted by molar-refractivity contribution is -0.160. The van der Waals surface area contributed by atoms with E-state index in [0.29, 0.717) is 6.42 Å². The van der Waals surface area contributed by atoms with Crippen LogP contribution in [0.4, 0.5) is 0 Å². The number of ketones is 1. The van der Waals surface area contributed by atoms with Gasteiger partial charge >= 0.3 is 5.97 Å². The molecule has 2 heterocycles. The second-order valence-electron chi connectivity index (χ2n) is 4.30. The Labute approximate surface area is 91.8 Å². The van der Waals surface area contributed by atoms with Gasteiger partial charge in [0.25, 0.3) is 0 Å². The van der Waals surface area contributed by atoms with Crippen LogP contribution in [0.3, 0.4) is 0 Å². The minimum atomic E-state index is -1.81. The van der Waals surface area contributed by atoms with E-state index in [-0.39, 0.29) is 31.7 Å². The summed E-state index contributed by atoms with van der Waals surface area (Å²) in [5.41, 5.74) is -1.81. The van der Waals surface area contributed by atoms with Crippen LogP contribution < -0.4 is 0 Å². The molecule has 2 N–H and O–H groups in total. The van der Waals surface area contributed by atoms with Gasteiger partial charge < -0.3 is 15.1 Å². The maximum atomic E-state index is 11.9. The number of aliphatic hydroxyl groups is 1. The van der Waals surface area contributed by atoms with Gasteiger partial charge in [-0.1, -0.05) is 0 Å². The van der Waals surface area contributed by atoms with Gasteiger partial charge in [0, 0.05) is 25.8 Å². The average Bonchev–Trinajstić information content (AvgIpc) is 2.51. The highest BCUT2D eigenvalue weighted by atomic mass is 16.4. The summed E-state index contributed by atoms with van der Waals surface area (Å²) in [7, 11) is 0. The van der Waals surface area contributed by atoms with Gasteiger partial charge in [0.2, 0.25) is 11.4 Å². The maximum absolute atomic E-state index is 11.9. The Morgan fingerprint density at radius 2 is 2.06 bits per heavy atom. The number of carbonyl (C=O) groups excluding carboxylic acids is 2. The topological polar surface area (TPSA) is 94.9 Å². The molecule has 88 valence electrons. The van der Waals surface area contributed by atoms with E-state index < -0.39 is 23.4 Å². The van der Waals surface area contributed by atoms with Crippen LogP contribution in [-0.4, -0.2) is 51.0 Å². The van der Waals surface area contributed by atoms with Crippen molar-refractivity contribution in [2.24, 2.45) is 0 Å². The molecule has 1 amide bonds. The number of Topliss-reactive ketones (excluding diaryl/α,β-unsaturated/α-hetero) is 1. The largest absolute Gasteiger partial charge is 0.479 e. The van der Waals surface area contributed by atoms with Crippen LogP contribution >= 0.6 is 0 Å². The molecule has 0 aromatic rings. The summed E-state index contributed by atoms with van der Waals surface area (Å²) in [5, 5.41) is 18.7. The SMILES string of the molecule is O=C1CCCC(=O)[C@@]2(C(=O)O)CC(O)CN12. The number of amides is 1. The normalized spacial score (nSPS) is 34.8. The van der Waals surface area contributed by atoms with Crippen molar-refractivity contribution in [3.05, 3.63) is 0 Å². The summed E-state index contributed by atoms with van der Waals surface area (Å²) >= 11 is 0. The molecular formula is C10H13NO5. The summed E-state index contributed by atoms with van der Waals surface area (Å²) in [6.45, 7) is -0.0587. The number of β-amino-alcohol motifs (C(OH)–C–C–N with tert-alkyl or cyclic N) is 1. The third-order valence-corrected chi connectivity index (χ3v) is 3.30. The Balaban J connectivity index is 2.48. The van der Waals surface area contributed by atoms with Gasteiger partial charge in [0.15, 0.2) is 5.78 Å². The lowest BCUT2D eigenvalue weighted by atomic mass is 9.89. The first-order chi connectivity index (χ1) is 7.48. The highest BCUT2D eigenvalue weighted by Gasteiger charge is 2.58. The predicted octanol–water partition coefficient (Wildman–Crippen LogP) is -0.844. The summed E-state index contributed by atoms with van der Waals surface area (Å²) in [6, 6.07) is 0. The first kappa shape index (κ1) is 11.1. The number of aliphatic hydroxyl groups excluding tert-OH is 1. The van der Waals surface area contributed by atoms with Crippen molar-refractivity contribution in [1.29, 1.82) is 0 Å². The molecule has 6 nitrogen and oxygen atoms in total. The fourth-order valence-corrected chi connectivity index (χ4v) is 2.53. The van der Waals surface area contributed by atoms with Crippen LogP contribution in [0.2, 0.25) is 0 Å². The minimum Gasteiger partial charge on any atom is -0.479 e. The fraction of sp³-hybridized carbons (Fsp3) is 0.700. The monoisotopic (exact) mass is 227 g/mol. The zero-order valence-corrected chi connectivity index (χ0v) is 8.68. The Kier molecular flexibility index (Phi) is 2.46. The van der Waals surface area contributed by atoms with Gasteiger partial charge in [-0.2, -0.15) is 0 Å². The number of hydrogen-bond donors (Lipinski definition) is 2. The Morgan fingerprint density at radius 3 is 2.69 bits per heavy atom. The third-order valence-electron chi connectivity index (χ3n) is 3.30. The van der Waals surface area contributed by atoms with Crippen molar-refractivity contribution in [3.63, 3.8) is 0 Å². The van der Waals surface area contributed by atoms with E-state index in [1.54, 1.807) is 0 Å². The second kappa shape index (κ2) is 3.55. The molecule has 2 rings (SSSR count). The minimum absolute atomic E-state index is 0.0587. The van der Waals surface area contributed by atoms with Crippen LogP contribution in [0.5, 0.6) is 0 Å². The molecule has 0 radical (unpaired) electrons. The van der Waals surface area contributed by atoms with E-state index in [4.69, 9.17) is 0 Å². The summed E-state index contributed by atoms with van der Waals surface area (Å²) in [4.78, 5) is 35.9. The van der Waals surface area contributed by atoms with Crippen molar-refractivity contribution in [2.75, 3.05) is 6.54 Å². The summed E-state index contributed by atoms with van der Waals surface area (Å²) in [6.07, 6.45) is -0.469. The van der Waals surface area contributed by atoms with E-state index in [9.17, 15) is 24.6 Å². The van der Waals surface area contributed by atoms with Crippen LogP contribution in [-0.2, 0) is 14.4 Å². The Bertz CT molecular complexity index is 366. The van der Waals surface area contributed by atoms with Crippen LogP contribution in [0, 0.1) is 0 Å². The predicted molar refractivity (Wildman–Crippen MR) is 51.6 cm³/mol. The van der Waals surface area contributed by atoms with Crippen molar-refractivity contribution >= 4 is 17.7 Å². The molecular weight excluding hydrogens is 214 g/mol. The molecule has 0 aromatic heterocycles. The number of carboxylic acid groups (broad SMARTS) is 1. The highest BCUT2D eigenvalue weighted by molar-refractivity contribution is 6.11. The fourth-order valence-electron chi connectivity index (χ4n) is 2.53. The molecule has 2 aliphatic heterocycles. The average molecular weight is 227 g/mol. The van der Waals surface area contributed by atoms with Crippen molar-refractivity contribution < 1.29 is 24.6 Å². The molecule has 1 unspecified atom stereocenters. The lowest BCUT2D eigenvalue weighted by Gasteiger charge is -2.30. The van der Waals surface area contributed by atoms with Gasteiger partial charge in [-0.05, 0) is 6.42 Å². The van der Waals surface area contributed by atoms with Crippen LogP contribution in [0.25, 0.3) is 0 Å². The van der Waals surface area contributed by atoms with Gasteiger partial charge in [0.1, 0.15) is 0 Å².